The van der Waals surface area contributed by atoms with Crippen LogP contribution < -0.4 is 10.2 Å². The molecule has 2 aromatic rings. The number of anilines is 2. The number of morpholine rings is 1. The van der Waals surface area contributed by atoms with E-state index in [4.69, 9.17) is 16.3 Å². The van der Waals surface area contributed by atoms with E-state index in [2.05, 4.69) is 15.3 Å². The quantitative estimate of drug-likeness (QED) is 0.745. The summed E-state index contributed by atoms with van der Waals surface area (Å²) in [7, 11) is 0. The second-order valence-corrected chi connectivity index (χ2v) is 7.93. The molecule has 2 amide bonds. The number of carbonyl (C=O) groups excluding carboxylic acids is 2. The predicted octanol–water partition coefficient (Wildman–Crippen LogP) is 3.53. The molecule has 0 bridgehead atoms. The number of hydrogen-bond acceptors (Lipinski definition) is 5. The highest BCUT2D eigenvalue weighted by atomic mass is 35.5. The molecule has 0 atom stereocenters. The summed E-state index contributed by atoms with van der Waals surface area (Å²) in [6, 6.07) is 15.3. The molecule has 1 N–H and O–H groups in total. The summed E-state index contributed by atoms with van der Waals surface area (Å²) in [6.07, 6.45) is 0.902. The lowest BCUT2D eigenvalue weighted by Crippen LogP contribution is -2.36. The van der Waals surface area contributed by atoms with Crippen LogP contribution in [0.4, 0.5) is 11.4 Å². The topological polar surface area (TPSA) is 74.2 Å². The number of amides is 2. The summed E-state index contributed by atoms with van der Waals surface area (Å²) in [6.45, 7) is 3.33. The molecule has 1 saturated heterocycles. The Hall–Kier alpha value is -2.90. The van der Waals surface area contributed by atoms with Crippen molar-refractivity contribution in [1.82, 2.24) is 5.01 Å². The maximum absolute atomic E-state index is 12.6. The zero-order chi connectivity index (χ0) is 21.6. The molecule has 2 aromatic carbocycles. The van der Waals surface area contributed by atoms with Crippen molar-refractivity contribution in [2.45, 2.75) is 19.3 Å². The lowest BCUT2D eigenvalue weighted by atomic mass is 10.1. The van der Waals surface area contributed by atoms with Crippen molar-refractivity contribution in [3.8, 4) is 0 Å². The van der Waals surface area contributed by atoms with E-state index in [9.17, 15) is 9.59 Å². The summed E-state index contributed by atoms with van der Waals surface area (Å²) >= 11 is 6.15. The molecule has 2 aliphatic heterocycles. The van der Waals surface area contributed by atoms with E-state index >= 15 is 0 Å². The molecule has 0 radical (unpaired) electrons. The van der Waals surface area contributed by atoms with Gasteiger partial charge in [-0.3, -0.25) is 9.59 Å². The van der Waals surface area contributed by atoms with Crippen LogP contribution >= 0.6 is 11.6 Å². The second kappa shape index (κ2) is 9.94. The summed E-state index contributed by atoms with van der Waals surface area (Å²) in [4.78, 5) is 27.3. The number of hydrogen-bond donors (Lipinski definition) is 1. The van der Waals surface area contributed by atoms with E-state index in [1.165, 1.54) is 5.01 Å². The van der Waals surface area contributed by atoms with Gasteiger partial charge in [-0.1, -0.05) is 41.9 Å². The molecule has 1 fully saturated rings. The van der Waals surface area contributed by atoms with Crippen LogP contribution in [0, 0.1) is 0 Å². The molecular weight excluding hydrogens is 416 g/mol. The summed E-state index contributed by atoms with van der Waals surface area (Å²) in [5.74, 6) is -0.378. The van der Waals surface area contributed by atoms with Crippen LogP contribution in [0.25, 0.3) is 0 Å². The van der Waals surface area contributed by atoms with Gasteiger partial charge in [-0.2, -0.15) is 5.10 Å². The third-order valence-corrected chi connectivity index (χ3v) is 5.58. The zero-order valence-corrected chi connectivity index (χ0v) is 18.0. The number of rotatable bonds is 6. The molecule has 7 nitrogen and oxygen atoms in total. The fourth-order valence-electron chi connectivity index (χ4n) is 3.72. The maximum Gasteiger partial charge on any atom is 0.243 e. The van der Waals surface area contributed by atoms with Crippen molar-refractivity contribution in [1.29, 1.82) is 0 Å². The van der Waals surface area contributed by atoms with Gasteiger partial charge in [-0.15, -0.1) is 0 Å². The summed E-state index contributed by atoms with van der Waals surface area (Å²) in [5.41, 5.74) is 3.47. The van der Waals surface area contributed by atoms with E-state index in [1.54, 1.807) is 12.1 Å². The Labute approximate surface area is 186 Å². The van der Waals surface area contributed by atoms with Crippen LogP contribution in [0.3, 0.4) is 0 Å². The minimum absolute atomic E-state index is 0.0839. The molecule has 8 heteroatoms. The van der Waals surface area contributed by atoms with E-state index in [0.29, 0.717) is 36.9 Å². The van der Waals surface area contributed by atoms with Gasteiger partial charge >= 0.3 is 0 Å². The summed E-state index contributed by atoms with van der Waals surface area (Å²) < 4.78 is 5.41. The lowest BCUT2D eigenvalue weighted by molar-refractivity contribution is -0.132. The Balaban J connectivity index is 1.34. The molecule has 0 spiro atoms. The van der Waals surface area contributed by atoms with Crippen LogP contribution in [-0.2, 0) is 14.3 Å². The van der Waals surface area contributed by atoms with Crippen LogP contribution in [0.1, 0.15) is 24.8 Å². The van der Waals surface area contributed by atoms with Crippen molar-refractivity contribution in [2.24, 2.45) is 5.10 Å². The molecule has 162 valence electrons. The van der Waals surface area contributed by atoms with Crippen LogP contribution in [-0.4, -0.2) is 55.4 Å². The van der Waals surface area contributed by atoms with Crippen molar-refractivity contribution in [3.63, 3.8) is 0 Å². The molecule has 2 heterocycles. The first-order valence-corrected chi connectivity index (χ1v) is 10.8. The van der Waals surface area contributed by atoms with Crippen LogP contribution in [0.2, 0.25) is 5.02 Å². The highest BCUT2D eigenvalue weighted by molar-refractivity contribution is 6.31. The van der Waals surface area contributed by atoms with Gasteiger partial charge in [-0.25, -0.2) is 5.01 Å². The predicted molar refractivity (Wildman–Crippen MR) is 122 cm³/mol. The highest BCUT2D eigenvalue weighted by Gasteiger charge is 2.22. The Morgan fingerprint density at radius 1 is 1.03 bits per heavy atom. The van der Waals surface area contributed by atoms with Gasteiger partial charge in [0.1, 0.15) is 0 Å². The van der Waals surface area contributed by atoms with Gasteiger partial charge in [-0.05, 0) is 23.8 Å². The normalized spacial score (nSPS) is 16.2. The van der Waals surface area contributed by atoms with Gasteiger partial charge in [0, 0.05) is 37.4 Å². The SMILES string of the molecule is O=C(CCC(=O)N1CCC(c2ccccc2)=N1)Nc1cc(Cl)ccc1N1CCOCC1. The largest absolute Gasteiger partial charge is 0.378 e. The van der Waals surface area contributed by atoms with Gasteiger partial charge in [0.15, 0.2) is 0 Å². The van der Waals surface area contributed by atoms with E-state index in [1.807, 2.05) is 36.4 Å². The van der Waals surface area contributed by atoms with E-state index in [0.717, 1.165) is 30.1 Å². The fourth-order valence-corrected chi connectivity index (χ4v) is 3.89. The third-order valence-electron chi connectivity index (χ3n) is 5.35. The van der Waals surface area contributed by atoms with Crippen LogP contribution in [0.5, 0.6) is 0 Å². The number of nitrogens with one attached hydrogen (secondary N) is 1. The molecule has 0 aromatic heterocycles. The minimum atomic E-state index is -0.225. The maximum atomic E-state index is 12.6. The van der Waals surface area contributed by atoms with Crippen molar-refractivity contribution >= 4 is 40.5 Å². The first kappa shape index (κ1) is 21.3. The number of halogens is 1. The molecule has 0 saturated carbocycles. The Morgan fingerprint density at radius 2 is 1.81 bits per heavy atom. The highest BCUT2D eigenvalue weighted by Crippen LogP contribution is 2.30. The Morgan fingerprint density at radius 3 is 2.58 bits per heavy atom. The minimum Gasteiger partial charge on any atom is -0.378 e. The second-order valence-electron chi connectivity index (χ2n) is 7.49. The van der Waals surface area contributed by atoms with Crippen LogP contribution in [0.15, 0.2) is 53.6 Å². The Bertz CT molecular complexity index is 974. The van der Waals surface area contributed by atoms with Crippen molar-refractivity contribution in [3.05, 3.63) is 59.1 Å². The summed E-state index contributed by atoms with van der Waals surface area (Å²) in [5, 5.41) is 9.37. The molecule has 31 heavy (non-hydrogen) atoms. The van der Waals surface area contributed by atoms with Gasteiger partial charge in [0.25, 0.3) is 0 Å². The van der Waals surface area contributed by atoms with Gasteiger partial charge in [0.05, 0.1) is 36.8 Å². The fraction of sp³-hybridized carbons (Fsp3) is 0.348. The molecular formula is C23H25ClN4O3. The van der Waals surface area contributed by atoms with Crippen molar-refractivity contribution < 1.29 is 14.3 Å². The third kappa shape index (κ3) is 5.42. The molecule has 4 rings (SSSR count). The van der Waals surface area contributed by atoms with Gasteiger partial charge < -0.3 is 15.0 Å². The lowest BCUT2D eigenvalue weighted by Gasteiger charge is -2.30. The Kier molecular flexibility index (Phi) is 6.84. The molecule has 0 aliphatic carbocycles. The molecule has 0 unspecified atom stereocenters. The standard InChI is InChI=1S/C23H25ClN4O3/c24-18-6-7-21(27-12-14-31-15-13-27)20(16-18)25-22(29)8-9-23(30)28-11-10-19(26-28)17-4-2-1-3-5-17/h1-7,16H,8-15H2,(H,25,29). The van der Waals surface area contributed by atoms with E-state index < -0.39 is 0 Å². The number of nitrogens with zero attached hydrogens (tertiary/aromatic N) is 3. The zero-order valence-electron chi connectivity index (χ0n) is 17.2. The monoisotopic (exact) mass is 440 g/mol. The van der Waals surface area contributed by atoms with Crippen molar-refractivity contribution in [2.75, 3.05) is 43.1 Å². The molecule has 2 aliphatic rings. The number of carbonyl (C=O) groups is 2. The average molecular weight is 441 g/mol. The number of benzene rings is 2. The first-order valence-electron chi connectivity index (χ1n) is 10.5. The number of hydrazone groups is 1. The van der Waals surface area contributed by atoms with E-state index in [-0.39, 0.29) is 24.7 Å². The smallest absolute Gasteiger partial charge is 0.243 e. The van der Waals surface area contributed by atoms with Gasteiger partial charge in [0.2, 0.25) is 11.8 Å². The average Bonchev–Trinajstić information content (AvgIpc) is 3.29. The first-order chi connectivity index (χ1) is 15.1. The number of ether oxygens (including phenoxy) is 1.